The molecule has 2 saturated heterocycles. The van der Waals surface area contributed by atoms with Gasteiger partial charge >= 0.3 is 6.01 Å². The smallest absolute Gasteiger partial charge is 0.319 e. The normalized spacial score (nSPS) is 18.5. The van der Waals surface area contributed by atoms with Crippen LogP contribution in [-0.4, -0.2) is 92.7 Å². The first-order valence-electron chi connectivity index (χ1n) is 18.8. The zero-order chi connectivity index (χ0) is 36.7. The lowest BCUT2D eigenvalue weighted by atomic mass is 9.75. The maximum Gasteiger partial charge on any atom is 0.319 e. The monoisotopic (exact) mass is 791 g/mol. The number of aromatic nitrogens is 2. The maximum absolute atomic E-state index is 16.2. The van der Waals surface area contributed by atoms with Gasteiger partial charge in [-0.25, -0.2) is 8.78 Å². The largest absolute Gasteiger partial charge is 0.461 e. The van der Waals surface area contributed by atoms with Crippen molar-refractivity contribution in [3.05, 3.63) is 82.8 Å². The van der Waals surface area contributed by atoms with Crippen molar-refractivity contribution in [2.75, 3.05) is 58.4 Å². The number of rotatable bonds is 13. The molecule has 0 N–H and O–H groups in total. The van der Waals surface area contributed by atoms with Crippen molar-refractivity contribution in [1.29, 1.82) is 0 Å². The van der Waals surface area contributed by atoms with Crippen LogP contribution in [0.5, 0.6) is 6.01 Å². The van der Waals surface area contributed by atoms with E-state index in [1.54, 1.807) is 0 Å². The molecule has 11 heteroatoms. The Kier molecular flexibility index (Phi) is 10.6. The van der Waals surface area contributed by atoms with E-state index in [9.17, 15) is 0 Å². The van der Waals surface area contributed by atoms with Crippen molar-refractivity contribution in [2.24, 2.45) is 0 Å². The first-order chi connectivity index (χ1) is 24.9. The summed E-state index contributed by atoms with van der Waals surface area (Å²) in [6.07, 6.45) is 7.48. The molecule has 7 rings (SSSR count). The van der Waals surface area contributed by atoms with E-state index in [0.717, 1.165) is 58.0 Å². The third-order valence-corrected chi connectivity index (χ3v) is 17.8. The third-order valence-electron chi connectivity index (χ3n) is 12.2. The minimum atomic E-state index is -2.86. The van der Waals surface area contributed by atoms with Crippen LogP contribution in [0.4, 0.5) is 14.6 Å². The summed E-state index contributed by atoms with van der Waals surface area (Å²) in [6.45, 7) is 10.7. The Morgan fingerprint density at radius 3 is 2.04 bits per heavy atom. The van der Waals surface area contributed by atoms with Crippen LogP contribution in [0.25, 0.3) is 10.9 Å². The Labute approximate surface area is 317 Å². The predicted molar refractivity (Wildman–Crippen MR) is 211 cm³/mol. The standard InChI is InChI=1S/C41H52BrF2N5O2Si/c1-39(2,3)52(30-15-8-6-9-16-30,31-17-10-7-11-18-31)51-26-25-48(28-40(47(4)5)19-12-20-40)37-34-33(43)27-32(42)35(44)36(34)45-38(46-37)50-29-41-21-13-23-49(41)24-14-22-41/h6-11,15-18,27H,12-14,19-26,28-29H2,1-5H3. The van der Waals surface area contributed by atoms with Crippen molar-refractivity contribution in [1.82, 2.24) is 19.8 Å². The number of hydrogen-bond donors (Lipinski definition) is 0. The summed E-state index contributed by atoms with van der Waals surface area (Å²) in [5, 5.41) is 2.24. The van der Waals surface area contributed by atoms with E-state index in [0.29, 0.717) is 32.1 Å². The molecule has 7 nitrogen and oxygen atoms in total. The molecule has 3 fully saturated rings. The van der Waals surface area contributed by atoms with E-state index in [-0.39, 0.29) is 37.5 Å². The predicted octanol–water partition coefficient (Wildman–Crippen LogP) is 7.55. The average Bonchev–Trinajstić information content (AvgIpc) is 3.69. The van der Waals surface area contributed by atoms with E-state index in [2.05, 4.69) is 119 Å². The highest BCUT2D eigenvalue weighted by Gasteiger charge is 2.50. The van der Waals surface area contributed by atoms with Gasteiger partial charge in [-0.1, -0.05) is 81.4 Å². The zero-order valence-electron chi connectivity index (χ0n) is 31.2. The zero-order valence-corrected chi connectivity index (χ0v) is 33.8. The molecule has 0 bridgehead atoms. The van der Waals surface area contributed by atoms with Crippen LogP contribution in [0.3, 0.4) is 0 Å². The molecule has 3 aliphatic rings. The van der Waals surface area contributed by atoms with Gasteiger partial charge < -0.3 is 19.0 Å². The van der Waals surface area contributed by atoms with E-state index in [4.69, 9.17) is 14.1 Å². The van der Waals surface area contributed by atoms with E-state index in [1.807, 2.05) is 12.1 Å². The van der Waals surface area contributed by atoms with Crippen LogP contribution in [0.15, 0.2) is 71.2 Å². The van der Waals surface area contributed by atoms with Crippen molar-refractivity contribution in [3.63, 3.8) is 0 Å². The van der Waals surface area contributed by atoms with Gasteiger partial charge in [0.15, 0.2) is 5.82 Å². The second-order valence-corrected chi connectivity index (χ2v) is 21.5. The molecule has 1 aliphatic carbocycles. The van der Waals surface area contributed by atoms with Crippen LogP contribution in [-0.2, 0) is 4.43 Å². The average molecular weight is 793 g/mol. The lowest BCUT2D eigenvalue weighted by molar-refractivity contribution is 0.0662. The molecular formula is C41H52BrF2N5O2Si. The summed E-state index contributed by atoms with van der Waals surface area (Å²) in [4.78, 5) is 16.4. The van der Waals surface area contributed by atoms with Gasteiger partial charge in [-0.3, -0.25) is 4.90 Å². The van der Waals surface area contributed by atoms with E-state index < -0.39 is 20.0 Å². The number of halogens is 3. The molecule has 278 valence electrons. The van der Waals surface area contributed by atoms with Gasteiger partial charge in [0.2, 0.25) is 0 Å². The molecule has 0 amide bonds. The van der Waals surface area contributed by atoms with Crippen molar-refractivity contribution in [3.8, 4) is 6.01 Å². The Balaban J connectivity index is 1.30. The molecule has 2 aliphatic heterocycles. The summed E-state index contributed by atoms with van der Waals surface area (Å²) in [5.41, 5.74) is -0.277. The highest BCUT2D eigenvalue weighted by Crippen LogP contribution is 2.42. The van der Waals surface area contributed by atoms with Crippen LogP contribution in [0.1, 0.15) is 65.7 Å². The highest BCUT2D eigenvalue weighted by atomic mass is 79.9. The van der Waals surface area contributed by atoms with Crippen molar-refractivity contribution < 1.29 is 17.9 Å². The number of nitrogens with zero attached hydrogens (tertiary/aromatic N) is 5. The number of hydrogen-bond acceptors (Lipinski definition) is 7. The van der Waals surface area contributed by atoms with Gasteiger partial charge in [0.25, 0.3) is 8.32 Å². The lowest BCUT2D eigenvalue weighted by Gasteiger charge is -2.50. The van der Waals surface area contributed by atoms with Gasteiger partial charge in [-0.2, -0.15) is 9.97 Å². The van der Waals surface area contributed by atoms with Crippen LogP contribution >= 0.6 is 15.9 Å². The quantitative estimate of drug-likeness (QED) is 0.103. The van der Waals surface area contributed by atoms with Gasteiger partial charge in [0.05, 0.1) is 22.0 Å². The fraction of sp³-hybridized carbons (Fsp3) is 0.512. The van der Waals surface area contributed by atoms with Crippen LogP contribution in [0, 0.1) is 11.6 Å². The number of benzene rings is 3. The summed E-state index contributed by atoms with van der Waals surface area (Å²) < 4.78 is 46.0. The van der Waals surface area contributed by atoms with Gasteiger partial charge in [0, 0.05) is 18.6 Å². The van der Waals surface area contributed by atoms with Gasteiger partial charge in [-0.15, -0.1) is 0 Å². The molecule has 1 saturated carbocycles. The van der Waals surface area contributed by atoms with Crippen LogP contribution in [0.2, 0.25) is 5.04 Å². The topological polar surface area (TPSA) is 54.0 Å². The first-order valence-corrected chi connectivity index (χ1v) is 21.5. The summed E-state index contributed by atoms with van der Waals surface area (Å²) in [5.74, 6) is -0.859. The summed E-state index contributed by atoms with van der Waals surface area (Å²) >= 11 is 3.24. The van der Waals surface area contributed by atoms with Gasteiger partial charge in [0.1, 0.15) is 23.8 Å². The Morgan fingerprint density at radius 1 is 0.885 bits per heavy atom. The minimum Gasteiger partial charge on any atom is -0.461 e. The fourth-order valence-corrected chi connectivity index (χ4v) is 14.1. The highest BCUT2D eigenvalue weighted by molar-refractivity contribution is 9.10. The lowest BCUT2D eigenvalue weighted by Crippen LogP contribution is -2.67. The maximum atomic E-state index is 16.2. The Morgan fingerprint density at radius 2 is 1.50 bits per heavy atom. The molecule has 3 heterocycles. The Bertz CT molecular complexity index is 1820. The molecule has 4 aromatic rings. The second-order valence-electron chi connectivity index (χ2n) is 16.3. The fourth-order valence-electron chi connectivity index (χ4n) is 9.14. The number of fused-ring (bicyclic) bond motifs is 2. The van der Waals surface area contributed by atoms with Crippen LogP contribution < -0.4 is 20.0 Å². The molecular weight excluding hydrogens is 740 g/mol. The molecule has 1 aromatic heterocycles. The molecule has 0 atom stereocenters. The molecule has 0 radical (unpaired) electrons. The third kappa shape index (κ3) is 6.69. The molecule has 3 aromatic carbocycles. The minimum absolute atomic E-state index is 0.0229. The molecule has 0 unspecified atom stereocenters. The van der Waals surface area contributed by atoms with Gasteiger partial charge in [-0.05, 0) is 110 Å². The second kappa shape index (κ2) is 14.7. The first kappa shape index (κ1) is 37.4. The van der Waals surface area contributed by atoms with Crippen molar-refractivity contribution in [2.45, 2.75) is 81.8 Å². The number of anilines is 1. The molecule has 0 spiro atoms. The molecule has 52 heavy (non-hydrogen) atoms. The summed E-state index contributed by atoms with van der Waals surface area (Å²) in [6, 6.07) is 22.4. The Hall–Kier alpha value is -2.96. The van der Waals surface area contributed by atoms with Crippen molar-refractivity contribution >= 4 is 51.3 Å². The SMILES string of the molecule is CN(C)C1(CN(CCO[Si](c2ccccc2)(c2ccccc2)C(C)(C)C)c2nc(OCC34CCCN3CCC4)nc3c(F)c(Br)cc(F)c23)CCC1. The summed E-state index contributed by atoms with van der Waals surface area (Å²) in [7, 11) is 1.35. The van der Waals surface area contributed by atoms with E-state index in [1.165, 1.54) is 16.4 Å². The number of ether oxygens (including phenoxy) is 1. The number of likely N-dealkylation sites (N-methyl/N-ethyl adjacent to an activating group) is 1. The van der Waals surface area contributed by atoms with E-state index >= 15 is 8.78 Å².